The Labute approximate surface area is 89.3 Å². The second-order valence-electron chi connectivity index (χ2n) is 3.64. The number of anilines is 2. The van der Waals surface area contributed by atoms with Crippen LogP contribution in [-0.2, 0) is 0 Å². The van der Waals surface area contributed by atoms with E-state index in [1.807, 2.05) is 0 Å². The number of nitrogens with two attached hydrogens (primary N) is 1. The summed E-state index contributed by atoms with van der Waals surface area (Å²) in [6, 6.07) is 0.594. The highest BCUT2D eigenvalue weighted by molar-refractivity contribution is 5.68. The van der Waals surface area contributed by atoms with Crippen molar-refractivity contribution < 1.29 is 4.74 Å². The zero-order valence-corrected chi connectivity index (χ0v) is 9.10. The van der Waals surface area contributed by atoms with Crippen molar-refractivity contribution in [1.29, 1.82) is 0 Å². The molecule has 1 aromatic heterocycles. The topological polar surface area (TPSA) is 64.3 Å². The van der Waals surface area contributed by atoms with Crippen LogP contribution >= 0.6 is 0 Å². The van der Waals surface area contributed by atoms with E-state index in [1.165, 1.54) is 19.2 Å². The summed E-state index contributed by atoms with van der Waals surface area (Å²) in [5.41, 5.74) is 6.48. The fraction of sp³-hybridized carbons (Fsp3) is 0.600. The zero-order chi connectivity index (χ0) is 10.8. The van der Waals surface area contributed by atoms with Gasteiger partial charge in [0.1, 0.15) is 12.0 Å². The average molecular weight is 208 g/mol. The number of ether oxygens (including phenoxy) is 1. The lowest BCUT2D eigenvalue weighted by Gasteiger charge is -2.23. The SMILES string of the molecule is CCN(c1ncnc(OC)c1N)C1CC1. The van der Waals surface area contributed by atoms with Crippen LogP contribution in [0, 0.1) is 0 Å². The number of aromatic nitrogens is 2. The lowest BCUT2D eigenvalue weighted by atomic mass is 10.4. The van der Waals surface area contributed by atoms with Crippen LogP contribution in [0.5, 0.6) is 5.88 Å². The van der Waals surface area contributed by atoms with E-state index in [1.54, 1.807) is 7.11 Å². The predicted octanol–water partition coefficient (Wildman–Crippen LogP) is 1.06. The van der Waals surface area contributed by atoms with Crippen molar-refractivity contribution in [3.63, 3.8) is 0 Å². The largest absolute Gasteiger partial charge is 0.479 e. The van der Waals surface area contributed by atoms with Crippen molar-refractivity contribution >= 4 is 11.5 Å². The molecule has 1 aliphatic carbocycles. The van der Waals surface area contributed by atoms with Gasteiger partial charge in [-0.3, -0.25) is 0 Å². The second kappa shape index (κ2) is 3.92. The molecule has 0 aliphatic heterocycles. The third kappa shape index (κ3) is 1.82. The van der Waals surface area contributed by atoms with Crippen molar-refractivity contribution in [3.8, 4) is 5.88 Å². The first-order chi connectivity index (χ1) is 7.27. The standard InChI is InChI=1S/C10H16N4O/c1-3-14(7-4-5-7)9-8(11)10(15-2)13-6-12-9/h6-7H,3-5,11H2,1-2H3. The molecule has 0 spiro atoms. The van der Waals surface area contributed by atoms with Gasteiger partial charge >= 0.3 is 0 Å². The molecule has 0 radical (unpaired) electrons. The van der Waals surface area contributed by atoms with Crippen LogP contribution < -0.4 is 15.4 Å². The molecule has 0 unspecified atom stereocenters. The van der Waals surface area contributed by atoms with Crippen molar-refractivity contribution in [2.45, 2.75) is 25.8 Å². The van der Waals surface area contributed by atoms with E-state index in [-0.39, 0.29) is 0 Å². The van der Waals surface area contributed by atoms with Crippen LogP contribution in [0.25, 0.3) is 0 Å². The van der Waals surface area contributed by atoms with Crippen molar-refractivity contribution in [2.75, 3.05) is 24.3 Å². The molecule has 1 fully saturated rings. The number of hydrogen-bond acceptors (Lipinski definition) is 5. The van der Waals surface area contributed by atoms with Crippen LogP contribution in [0.2, 0.25) is 0 Å². The first kappa shape index (κ1) is 10.0. The summed E-state index contributed by atoms with van der Waals surface area (Å²) < 4.78 is 5.08. The summed E-state index contributed by atoms with van der Waals surface area (Å²) in [7, 11) is 1.57. The normalized spacial score (nSPS) is 15.1. The Hall–Kier alpha value is -1.52. The quantitative estimate of drug-likeness (QED) is 0.801. The maximum atomic E-state index is 5.94. The van der Waals surface area contributed by atoms with Crippen molar-refractivity contribution in [1.82, 2.24) is 9.97 Å². The molecular formula is C10H16N4O. The number of nitrogens with zero attached hydrogens (tertiary/aromatic N) is 3. The maximum absolute atomic E-state index is 5.94. The van der Waals surface area contributed by atoms with Gasteiger partial charge < -0.3 is 15.4 Å². The highest BCUT2D eigenvalue weighted by Gasteiger charge is 2.30. The Morgan fingerprint density at radius 1 is 1.53 bits per heavy atom. The van der Waals surface area contributed by atoms with E-state index < -0.39 is 0 Å². The number of methoxy groups -OCH3 is 1. The molecule has 1 aromatic rings. The molecular weight excluding hydrogens is 192 g/mol. The molecule has 0 atom stereocenters. The smallest absolute Gasteiger partial charge is 0.242 e. The average Bonchev–Trinajstić information content (AvgIpc) is 3.06. The summed E-state index contributed by atoms with van der Waals surface area (Å²) in [5, 5.41) is 0. The second-order valence-corrected chi connectivity index (χ2v) is 3.64. The third-order valence-electron chi connectivity index (χ3n) is 2.62. The first-order valence-corrected chi connectivity index (χ1v) is 5.19. The Morgan fingerprint density at radius 3 is 2.80 bits per heavy atom. The zero-order valence-electron chi connectivity index (χ0n) is 9.10. The predicted molar refractivity (Wildman–Crippen MR) is 59.0 cm³/mol. The summed E-state index contributed by atoms with van der Waals surface area (Å²) in [5.74, 6) is 1.26. The minimum atomic E-state index is 0.458. The number of rotatable bonds is 4. The highest BCUT2D eigenvalue weighted by Crippen LogP contribution is 2.35. The molecule has 0 bridgehead atoms. The van der Waals surface area contributed by atoms with Gasteiger partial charge in [-0.1, -0.05) is 0 Å². The molecule has 5 heteroatoms. The Bertz CT molecular complexity index is 351. The van der Waals surface area contributed by atoms with Gasteiger partial charge in [0.25, 0.3) is 0 Å². The molecule has 5 nitrogen and oxygen atoms in total. The van der Waals surface area contributed by atoms with Crippen LogP contribution in [0.1, 0.15) is 19.8 Å². The van der Waals surface area contributed by atoms with E-state index >= 15 is 0 Å². The van der Waals surface area contributed by atoms with Crippen LogP contribution in [0.3, 0.4) is 0 Å². The Morgan fingerprint density at radius 2 is 2.27 bits per heavy atom. The van der Waals surface area contributed by atoms with Gasteiger partial charge in [-0.05, 0) is 19.8 Å². The van der Waals surface area contributed by atoms with E-state index in [9.17, 15) is 0 Å². The van der Waals surface area contributed by atoms with E-state index in [0.717, 1.165) is 12.4 Å². The molecule has 82 valence electrons. The van der Waals surface area contributed by atoms with E-state index in [4.69, 9.17) is 10.5 Å². The highest BCUT2D eigenvalue weighted by atomic mass is 16.5. The monoisotopic (exact) mass is 208 g/mol. The maximum Gasteiger partial charge on any atom is 0.242 e. The molecule has 0 saturated heterocycles. The summed E-state index contributed by atoms with van der Waals surface area (Å²) >= 11 is 0. The summed E-state index contributed by atoms with van der Waals surface area (Å²) in [4.78, 5) is 10.4. The summed E-state index contributed by atoms with van der Waals surface area (Å²) in [6.45, 7) is 3.02. The van der Waals surface area contributed by atoms with Gasteiger partial charge in [0, 0.05) is 12.6 Å². The molecule has 2 rings (SSSR count). The Balaban J connectivity index is 2.33. The Kier molecular flexibility index (Phi) is 2.62. The minimum Gasteiger partial charge on any atom is -0.479 e. The fourth-order valence-electron chi connectivity index (χ4n) is 1.73. The lowest BCUT2D eigenvalue weighted by molar-refractivity contribution is 0.399. The van der Waals surface area contributed by atoms with Gasteiger partial charge in [-0.15, -0.1) is 0 Å². The molecule has 1 heterocycles. The van der Waals surface area contributed by atoms with Crippen LogP contribution in [0.15, 0.2) is 6.33 Å². The molecule has 1 saturated carbocycles. The van der Waals surface area contributed by atoms with E-state index in [0.29, 0.717) is 17.6 Å². The summed E-state index contributed by atoms with van der Waals surface area (Å²) in [6.07, 6.45) is 3.94. The van der Waals surface area contributed by atoms with Crippen molar-refractivity contribution in [2.24, 2.45) is 0 Å². The first-order valence-electron chi connectivity index (χ1n) is 5.19. The molecule has 0 aromatic carbocycles. The molecule has 1 aliphatic rings. The van der Waals surface area contributed by atoms with Crippen LogP contribution in [-0.4, -0.2) is 29.7 Å². The van der Waals surface area contributed by atoms with Gasteiger partial charge in [0.05, 0.1) is 7.11 Å². The minimum absolute atomic E-state index is 0.458. The molecule has 0 amide bonds. The van der Waals surface area contributed by atoms with Crippen LogP contribution in [0.4, 0.5) is 11.5 Å². The lowest BCUT2D eigenvalue weighted by Crippen LogP contribution is -2.27. The van der Waals surface area contributed by atoms with Gasteiger partial charge in [0.15, 0.2) is 5.82 Å². The van der Waals surface area contributed by atoms with E-state index in [2.05, 4.69) is 21.8 Å². The third-order valence-corrected chi connectivity index (χ3v) is 2.62. The number of nitrogen functional groups attached to an aromatic ring is 1. The van der Waals surface area contributed by atoms with Gasteiger partial charge in [-0.2, -0.15) is 4.98 Å². The number of hydrogen-bond donors (Lipinski definition) is 1. The van der Waals surface area contributed by atoms with Gasteiger partial charge in [-0.25, -0.2) is 4.98 Å². The fourth-order valence-corrected chi connectivity index (χ4v) is 1.73. The van der Waals surface area contributed by atoms with Crippen molar-refractivity contribution in [3.05, 3.63) is 6.33 Å². The van der Waals surface area contributed by atoms with Gasteiger partial charge in [0.2, 0.25) is 5.88 Å². The molecule has 15 heavy (non-hydrogen) atoms. The molecule has 2 N–H and O–H groups in total.